The molecule has 1 aliphatic carbocycles. The number of aliphatic imine (C=N–C) groups is 1. The second kappa shape index (κ2) is 4.92. The Kier molecular flexibility index (Phi) is 3.50. The summed E-state index contributed by atoms with van der Waals surface area (Å²) in [6.07, 6.45) is -1.87. The number of nitrogens with one attached hydrogen (secondary N) is 1. The molecule has 1 aliphatic rings. The average Bonchev–Trinajstić information content (AvgIpc) is 3.03. The number of anilines is 1. The molecule has 3 nitrogen and oxygen atoms in total. The van der Waals surface area contributed by atoms with E-state index in [2.05, 4.69) is 10.3 Å². The first-order valence-electron chi connectivity index (χ1n) is 5.93. The molecular formula is C13H17F2N3. The number of hydrogen-bond donors (Lipinski definition) is 2. The summed E-state index contributed by atoms with van der Waals surface area (Å²) >= 11 is 0. The van der Waals surface area contributed by atoms with E-state index in [1.165, 1.54) is 5.56 Å². The van der Waals surface area contributed by atoms with Crippen LogP contribution in [0.15, 0.2) is 23.2 Å². The summed E-state index contributed by atoms with van der Waals surface area (Å²) in [5.41, 5.74) is 8.85. The van der Waals surface area contributed by atoms with E-state index < -0.39 is 12.3 Å². The van der Waals surface area contributed by atoms with E-state index >= 15 is 0 Å². The van der Waals surface area contributed by atoms with Gasteiger partial charge in [-0.25, -0.2) is 13.8 Å². The molecule has 0 bridgehead atoms. The number of benzene rings is 1. The zero-order chi connectivity index (χ0) is 13.3. The molecule has 5 heteroatoms. The highest BCUT2D eigenvalue weighted by atomic mass is 19.3. The van der Waals surface area contributed by atoms with Crippen LogP contribution in [0.3, 0.4) is 0 Å². The van der Waals surface area contributed by atoms with Crippen LogP contribution in [0.25, 0.3) is 0 Å². The Balaban J connectivity index is 1.97. The number of rotatable bonds is 3. The Hall–Kier alpha value is -1.65. The molecule has 2 atom stereocenters. The molecule has 0 heterocycles. The van der Waals surface area contributed by atoms with Crippen LogP contribution in [0.4, 0.5) is 14.5 Å². The van der Waals surface area contributed by atoms with Gasteiger partial charge in [0.25, 0.3) is 0 Å². The van der Waals surface area contributed by atoms with Crippen molar-refractivity contribution in [1.82, 2.24) is 0 Å². The minimum atomic E-state index is -2.30. The van der Waals surface area contributed by atoms with E-state index in [9.17, 15) is 8.78 Å². The van der Waals surface area contributed by atoms with Gasteiger partial charge in [-0.05, 0) is 43.5 Å². The first-order chi connectivity index (χ1) is 8.47. The fourth-order valence-corrected chi connectivity index (χ4v) is 1.80. The minimum Gasteiger partial charge on any atom is -0.370 e. The van der Waals surface area contributed by atoms with Crippen molar-refractivity contribution in [3.63, 3.8) is 0 Å². The molecule has 2 rings (SSSR count). The maximum Gasteiger partial charge on any atom is 0.243 e. The standard InChI is InChI=1S/C13H17F2N3/c1-7-3-4-9(5-8(7)2)17-13(16)18-11-6-10(11)12(14)15/h3-5,10-12H,6H2,1-2H3,(H3,16,17,18)/t10-,11-/m0/s1. The van der Waals surface area contributed by atoms with E-state index in [0.717, 1.165) is 11.3 Å². The Bertz CT molecular complexity index is 471. The van der Waals surface area contributed by atoms with E-state index in [1.54, 1.807) is 0 Å². The molecule has 0 saturated heterocycles. The van der Waals surface area contributed by atoms with Gasteiger partial charge in [0.15, 0.2) is 5.96 Å². The van der Waals surface area contributed by atoms with E-state index in [1.807, 2.05) is 32.0 Å². The second-order valence-corrected chi connectivity index (χ2v) is 4.74. The third kappa shape index (κ3) is 2.97. The number of alkyl halides is 2. The van der Waals surface area contributed by atoms with Gasteiger partial charge in [-0.3, -0.25) is 0 Å². The van der Waals surface area contributed by atoms with Crippen LogP contribution < -0.4 is 11.1 Å². The van der Waals surface area contributed by atoms with Crippen LogP contribution in [0.2, 0.25) is 0 Å². The quantitative estimate of drug-likeness (QED) is 0.642. The third-order valence-corrected chi connectivity index (χ3v) is 3.21. The topological polar surface area (TPSA) is 50.4 Å². The molecule has 0 spiro atoms. The summed E-state index contributed by atoms with van der Waals surface area (Å²) < 4.78 is 24.6. The molecule has 0 amide bonds. The molecule has 3 N–H and O–H groups in total. The third-order valence-electron chi connectivity index (χ3n) is 3.21. The predicted octanol–water partition coefficient (Wildman–Crippen LogP) is 2.68. The fourth-order valence-electron chi connectivity index (χ4n) is 1.80. The first-order valence-corrected chi connectivity index (χ1v) is 5.93. The van der Waals surface area contributed by atoms with Crippen molar-refractivity contribution in [2.45, 2.75) is 32.7 Å². The van der Waals surface area contributed by atoms with Crippen LogP contribution in [0.5, 0.6) is 0 Å². The van der Waals surface area contributed by atoms with Gasteiger partial charge in [-0.1, -0.05) is 6.07 Å². The molecule has 1 saturated carbocycles. The number of nitrogens with zero attached hydrogens (tertiary/aromatic N) is 1. The number of guanidine groups is 1. The summed E-state index contributed by atoms with van der Waals surface area (Å²) in [7, 11) is 0. The summed E-state index contributed by atoms with van der Waals surface area (Å²) in [4.78, 5) is 4.04. The number of halogens is 2. The zero-order valence-electron chi connectivity index (χ0n) is 10.5. The SMILES string of the molecule is Cc1ccc(NC(N)=N[C@H]2C[C@@H]2C(F)F)cc1C. The highest BCUT2D eigenvalue weighted by Crippen LogP contribution is 2.38. The lowest BCUT2D eigenvalue weighted by Crippen LogP contribution is -2.23. The molecule has 1 aromatic carbocycles. The van der Waals surface area contributed by atoms with Crippen molar-refractivity contribution >= 4 is 11.6 Å². The monoisotopic (exact) mass is 253 g/mol. The van der Waals surface area contributed by atoms with Gasteiger partial charge in [0, 0.05) is 11.6 Å². The van der Waals surface area contributed by atoms with Gasteiger partial charge < -0.3 is 11.1 Å². The molecule has 0 aromatic heterocycles. The van der Waals surface area contributed by atoms with Crippen molar-refractivity contribution in [3.8, 4) is 0 Å². The van der Waals surface area contributed by atoms with Crippen LogP contribution >= 0.6 is 0 Å². The average molecular weight is 253 g/mol. The van der Waals surface area contributed by atoms with Gasteiger partial charge in [-0.2, -0.15) is 0 Å². The van der Waals surface area contributed by atoms with Crippen molar-refractivity contribution in [3.05, 3.63) is 29.3 Å². The fraction of sp³-hybridized carbons (Fsp3) is 0.462. The lowest BCUT2D eigenvalue weighted by Gasteiger charge is -2.08. The van der Waals surface area contributed by atoms with Crippen molar-refractivity contribution in [2.24, 2.45) is 16.6 Å². The van der Waals surface area contributed by atoms with Gasteiger partial charge >= 0.3 is 0 Å². The van der Waals surface area contributed by atoms with Crippen LogP contribution in [0, 0.1) is 19.8 Å². The Morgan fingerprint density at radius 3 is 2.67 bits per heavy atom. The smallest absolute Gasteiger partial charge is 0.243 e. The van der Waals surface area contributed by atoms with E-state index in [4.69, 9.17) is 5.73 Å². The molecule has 0 radical (unpaired) electrons. The van der Waals surface area contributed by atoms with Gasteiger partial charge in [0.1, 0.15) is 0 Å². The number of nitrogens with two attached hydrogens (primary N) is 1. The first kappa shape index (κ1) is 12.8. The number of aryl methyl sites for hydroxylation is 2. The Morgan fingerprint density at radius 1 is 1.39 bits per heavy atom. The summed E-state index contributed by atoms with van der Waals surface area (Å²) in [6.45, 7) is 4.02. The highest BCUT2D eigenvalue weighted by Gasteiger charge is 2.44. The molecule has 18 heavy (non-hydrogen) atoms. The van der Waals surface area contributed by atoms with Crippen LogP contribution in [-0.4, -0.2) is 18.4 Å². The zero-order valence-corrected chi connectivity index (χ0v) is 10.5. The largest absolute Gasteiger partial charge is 0.370 e. The molecule has 0 aliphatic heterocycles. The van der Waals surface area contributed by atoms with E-state index in [0.29, 0.717) is 6.42 Å². The number of hydrogen-bond acceptors (Lipinski definition) is 1. The highest BCUT2D eigenvalue weighted by molar-refractivity contribution is 5.92. The van der Waals surface area contributed by atoms with Crippen molar-refractivity contribution < 1.29 is 8.78 Å². The molecule has 0 unspecified atom stereocenters. The lowest BCUT2D eigenvalue weighted by atomic mass is 10.1. The normalized spacial score (nSPS) is 23.3. The van der Waals surface area contributed by atoms with Gasteiger partial charge in [0.05, 0.1) is 6.04 Å². The van der Waals surface area contributed by atoms with Crippen LogP contribution in [0.1, 0.15) is 17.5 Å². The molecule has 1 aromatic rings. The maximum absolute atomic E-state index is 12.3. The summed E-state index contributed by atoms with van der Waals surface area (Å²) in [5.74, 6) is -0.420. The lowest BCUT2D eigenvalue weighted by molar-refractivity contribution is 0.121. The van der Waals surface area contributed by atoms with Gasteiger partial charge in [-0.15, -0.1) is 0 Å². The Morgan fingerprint density at radius 2 is 2.11 bits per heavy atom. The summed E-state index contributed by atoms with van der Waals surface area (Å²) in [6, 6.07) is 5.49. The second-order valence-electron chi connectivity index (χ2n) is 4.74. The minimum absolute atomic E-state index is 0.200. The van der Waals surface area contributed by atoms with Crippen LogP contribution in [-0.2, 0) is 0 Å². The molecule has 1 fully saturated rings. The molecule has 98 valence electrons. The Labute approximate surface area is 105 Å². The van der Waals surface area contributed by atoms with Crippen molar-refractivity contribution in [2.75, 3.05) is 5.32 Å². The predicted molar refractivity (Wildman–Crippen MR) is 69.1 cm³/mol. The molecular weight excluding hydrogens is 236 g/mol. The van der Waals surface area contributed by atoms with E-state index in [-0.39, 0.29) is 12.0 Å². The maximum atomic E-state index is 12.3. The van der Waals surface area contributed by atoms with Gasteiger partial charge in [0.2, 0.25) is 6.43 Å². The van der Waals surface area contributed by atoms with Crippen molar-refractivity contribution in [1.29, 1.82) is 0 Å². The summed E-state index contributed by atoms with van der Waals surface area (Å²) in [5, 5.41) is 2.92.